The average Bonchev–Trinajstić information content (AvgIpc) is 2.92. The molecule has 3 aromatic rings. The van der Waals surface area contributed by atoms with Crippen molar-refractivity contribution in [1.82, 2.24) is 9.97 Å². The minimum absolute atomic E-state index is 0.00230. The summed E-state index contributed by atoms with van der Waals surface area (Å²) in [4.78, 5) is 30.4. The monoisotopic (exact) mass is 350 g/mol. The molecule has 5 nitrogen and oxygen atoms in total. The van der Waals surface area contributed by atoms with Gasteiger partial charge in [0.05, 0.1) is 11.8 Å². The minimum Gasteiger partial charge on any atom is -0.481 e. The number of carbonyl (C=O) groups is 1. The van der Waals surface area contributed by atoms with Crippen molar-refractivity contribution in [3.05, 3.63) is 45.8 Å². The van der Waals surface area contributed by atoms with Gasteiger partial charge in [-0.3, -0.25) is 9.59 Å². The van der Waals surface area contributed by atoms with E-state index in [9.17, 15) is 14.0 Å². The van der Waals surface area contributed by atoms with E-state index in [0.29, 0.717) is 26.7 Å². The molecule has 8 heteroatoms. The maximum absolute atomic E-state index is 13.0. The molecule has 0 spiro atoms. The summed E-state index contributed by atoms with van der Waals surface area (Å²) in [5, 5.41) is 11.3. The number of thiophene rings is 1. The molecule has 0 aliphatic rings. The lowest BCUT2D eigenvalue weighted by atomic mass is 10.1. The number of thioether (sulfide) groups is 1. The topological polar surface area (TPSA) is 83.0 Å². The molecule has 0 atom stereocenters. The summed E-state index contributed by atoms with van der Waals surface area (Å²) in [6.07, 6.45) is -0.00230. The highest BCUT2D eigenvalue weighted by Gasteiger charge is 2.13. The fourth-order valence-corrected chi connectivity index (χ4v) is 3.87. The largest absolute Gasteiger partial charge is 0.481 e. The quantitative estimate of drug-likeness (QED) is 0.545. The molecule has 0 bridgehead atoms. The Morgan fingerprint density at radius 2 is 2.09 bits per heavy atom. The molecule has 0 amide bonds. The van der Waals surface area contributed by atoms with Crippen LogP contribution < -0.4 is 5.56 Å². The molecule has 23 heavy (non-hydrogen) atoms. The van der Waals surface area contributed by atoms with E-state index in [-0.39, 0.29) is 17.8 Å². The first kappa shape index (κ1) is 15.7. The molecular formula is C15H11FN2O3S2. The number of carboxylic acid groups (broad SMARTS) is 1. The summed E-state index contributed by atoms with van der Waals surface area (Å²) in [6, 6.07) is 5.92. The van der Waals surface area contributed by atoms with Gasteiger partial charge in [0.25, 0.3) is 5.56 Å². The van der Waals surface area contributed by atoms with Gasteiger partial charge in [0, 0.05) is 16.7 Å². The van der Waals surface area contributed by atoms with Crippen LogP contribution in [-0.4, -0.2) is 26.8 Å². The van der Waals surface area contributed by atoms with Gasteiger partial charge in [0.15, 0.2) is 5.16 Å². The highest BCUT2D eigenvalue weighted by molar-refractivity contribution is 7.99. The molecule has 2 N–H and O–H groups in total. The molecule has 118 valence electrons. The van der Waals surface area contributed by atoms with Crippen molar-refractivity contribution in [2.24, 2.45) is 0 Å². The third-order valence-corrected chi connectivity index (χ3v) is 4.88. The highest BCUT2D eigenvalue weighted by Crippen LogP contribution is 2.31. The fraction of sp³-hybridized carbons (Fsp3) is 0.133. The number of carboxylic acids is 1. The predicted molar refractivity (Wildman–Crippen MR) is 88.6 cm³/mol. The van der Waals surface area contributed by atoms with E-state index in [2.05, 4.69) is 9.97 Å². The second-order valence-corrected chi connectivity index (χ2v) is 6.64. The van der Waals surface area contributed by atoms with Gasteiger partial charge in [0.1, 0.15) is 10.6 Å². The zero-order valence-electron chi connectivity index (χ0n) is 11.7. The molecule has 1 aromatic carbocycles. The van der Waals surface area contributed by atoms with Gasteiger partial charge < -0.3 is 10.1 Å². The number of rotatable bonds is 5. The SMILES string of the molecule is O=C(O)CCSc1nc2scc(-c3ccc(F)cc3)c2c(=O)[nH]1. The van der Waals surface area contributed by atoms with Crippen LogP contribution in [0.3, 0.4) is 0 Å². The van der Waals surface area contributed by atoms with E-state index in [1.54, 1.807) is 12.1 Å². The Bertz CT molecular complexity index is 919. The number of aromatic nitrogens is 2. The highest BCUT2D eigenvalue weighted by atomic mass is 32.2. The summed E-state index contributed by atoms with van der Waals surface area (Å²) in [7, 11) is 0. The van der Waals surface area contributed by atoms with Crippen LogP contribution in [0.2, 0.25) is 0 Å². The van der Waals surface area contributed by atoms with E-state index >= 15 is 0 Å². The maximum Gasteiger partial charge on any atom is 0.304 e. The van der Waals surface area contributed by atoms with Crippen molar-refractivity contribution in [2.45, 2.75) is 11.6 Å². The van der Waals surface area contributed by atoms with Gasteiger partial charge in [-0.05, 0) is 17.7 Å². The second kappa shape index (κ2) is 6.51. The van der Waals surface area contributed by atoms with E-state index < -0.39 is 5.97 Å². The predicted octanol–water partition coefficient (Wildman–Crippen LogP) is 3.36. The van der Waals surface area contributed by atoms with Crippen molar-refractivity contribution in [2.75, 3.05) is 5.75 Å². The van der Waals surface area contributed by atoms with Crippen molar-refractivity contribution in [3.63, 3.8) is 0 Å². The number of aliphatic carboxylic acids is 1. The Morgan fingerprint density at radius 1 is 1.35 bits per heavy atom. The third kappa shape index (κ3) is 3.43. The third-order valence-electron chi connectivity index (χ3n) is 3.13. The van der Waals surface area contributed by atoms with Crippen molar-refractivity contribution < 1.29 is 14.3 Å². The van der Waals surface area contributed by atoms with Crippen LogP contribution in [0.25, 0.3) is 21.3 Å². The van der Waals surface area contributed by atoms with E-state index in [1.807, 2.05) is 5.38 Å². The van der Waals surface area contributed by atoms with E-state index in [4.69, 9.17) is 5.11 Å². The van der Waals surface area contributed by atoms with Gasteiger partial charge in [-0.2, -0.15) is 0 Å². The maximum atomic E-state index is 13.0. The molecule has 2 heterocycles. The van der Waals surface area contributed by atoms with Gasteiger partial charge in [-0.25, -0.2) is 9.37 Å². The van der Waals surface area contributed by atoms with Gasteiger partial charge in [-0.1, -0.05) is 23.9 Å². The first-order chi connectivity index (χ1) is 11.0. The Balaban J connectivity index is 1.96. The summed E-state index contributed by atoms with van der Waals surface area (Å²) in [5.74, 6) is -0.895. The number of nitrogens with zero attached hydrogens (tertiary/aromatic N) is 1. The zero-order valence-corrected chi connectivity index (χ0v) is 13.3. The Kier molecular flexibility index (Phi) is 4.44. The summed E-state index contributed by atoms with van der Waals surface area (Å²) >= 11 is 2.52. The normalized spacial score (nSPS) is 11.0. The Hall–Kier alpha value is -2.19. The van der Waals surface area contributed by atoms with Crippen LogP contribution in [0.15, 0.2) is 39.6 Å². The summed E-state index contributed by atoms with van der Waals surface area (Å²) in [6.45, 7) is 0. The molecule has 0 saturated heterocycles. The van der Waals surface area contributed by atoms with Gasteiger partial charge >= 0.3 is 5.97 Å². The number of nitrogens with one attached hydrogen (secondary N) is 1. The van der Waals surface area contributed by atoms with Crippen LogP contribution in [0.5, 0.6) is 0 Å². The lowest BCUT2D eigenvalue weighted by Gasteiger charge is -2.01. The van der Waals surface area contributed by atoms with Crippen molar-refractivity contribution in [1.29, 1.82) is 0 Å². The van der Waals surface area contributed by atoms with E-state index in [0.717, 1.165) is 5.56 Å². The summed E-state index contributed by atoms with van der Waals surface area (Å²) < 4.78 is 13.0. The Morgan fingerprint density at radius 3 is 2.78 bits per heavy atom. The number of hydrogen-bond acceptors (Lipinski definition) is 5. The van der Waals surface area contributed by atoms with Crippen LogP contribution >= 0.6 is 23.1 Å². The molecule has 2 aromatic heterocycles. The van der Waals surface area contributed by atoms with Crippen molar-refractivity contribution >= 4 is 39.3 Å². The van der Waals surface area contributed by atoms with Crippen LogP contribution in [0, 0.1) is 5.82 Å². The fourth-order valence-electron chi connectivity index (χ4n) is 2.07. The molecule has 0 unspecified atom stereocenters. The smallest absolute Gasteiger partial charge is 0.304 e. The first-order valence-electron chi connectivity index (χ1n) is 6.66. The number of halogens is 1. The molecule has 0 radical (unpaired) electrons. The summed E-state index contributed by atoms with van der Waals surface area (Å²) in [5.41, 5.74) is 1.17. The van der Waals surface area contributed by atoms with E-state index in [1.165, 1.54) is 35.2 Å². The number of aromatic amines is 1. The number of fused-ring (bicyclic) bond motifs is 1. The van der Waals surface area contributed by atoms with Gasteiger partial charge in [-0.15, -0.1) is 11.3 Å². The van der Waals surface area contributed by atoms with Gasteiger partial charge in [0.2, 0.25) is 0 Å². The minimum atomic E-state index is -0.893. The molecule has 0 saturated carbocycles. The number of benzene rings is 1. The molecule has 0 aliphatic carbocycles. The lowest BCUT2D eigenvalue weighted by Crippen LogP contribution is -2.09. The molecule has 3 rings (SSSR count). The van der Waals surface area contributed by atoms with Crippen LogP contribution in [0.4, 0.5) is 4.39 Å². The van der Waals surface area contributed by atoms with Crippen LogP contribution in [0.1, 0.15) is 6.42 Å². The molecular weight excluding hydrogens is 339 g/mol. The zero-order chi connectivity index (χ0) is 16.4. The van der Waals surface area contributed by atoms with Crippen LogP contribution in [-0.2, 0) is 4.79 Å². The lowest BCUT2D eigenvalue weighted by molar-refractivity contribution is -0.136. The molecule has 0 fully saturated rings. The molecule has 0 aliphatic heterocycles. The Labute approximate surface area is 138 Å². The average molecular weight is 350 g/mol. The second-order valence-electron chi connectivity index (χ2n) is 4.70. The van der Waals surface area contributed by atoms with Crippen molar-refractivity contribution in [3.8, 4) is 11.1 Å². The first-order valence-corrected chi connectivity index (χ1v) is 8.53. The number of H-pyrrole nitrogens is 1. The number of hydrogen-bond donors (Lipinski definition) is 2. The standard InChI is InChI=1S/C15H11FN2O3S2/c16-9-3-1-8(2-4-9)10-7-23-14-12(10)13(21)17-15(18-14)22-6-5-11(19)20/h1-4,7H,5-6H2,(H,19,20)(H,17,18,21).